The molecule has 0 aliphatic rings. The molecule has 0 aliphatic carbocycles. The van der Waals surface area contributed by atoms with E-state index < -0.39 is 16.1 Å². The number of unbranched alkanes of at least 4 members (excludes halogenated alkanes) is 5. The van der Waals surface area contributed by atoms with Crippen LogP contribution in [-0.2, 0) is 10.0 Å². The average molecular weight is 431 g/mol. The van der Waals surface area contributed by atoms with Gasteiger partial charge in [-0.2, -0.15) is 0 Å². The number of nitrogens with one attached hydrogen (secondary N) is 2. The van der Waals surface area contributed by atoms with E-state index in [0.717, 1.165) is 25.7 Å². The fraction of sp³-hybridized carbons (Fsp3) is 0.600. The van der Waals surface area contributed by atoms with Gasteiger partial charge >= 0.3 is 6.03 Å². The van der Waals surface area contributed by atoms with E-state index in [0.29, 0.717) is 19.4 Å². The third-order valence-electron chi connectivity index (χ3n) is 4.45. The Morgan fingerprint density at radius 3 is 2.29 bits per heavy atom. The van der Waals surface area contributed by atoms with Crippen LogP contribution >= 0.6 is 11.6 Å². The smallest absolute Gasteiger partial charge is 0.328 e. The first-order chi connectivity index (χ1) is 13.2. The lowest BCUT2D eigenvalue weighted by molar-refractivity contribution is 0.0978. The molecule has 0 aliphatic heterocycles. The Morgan fingerprint density at radius 2 is 1.64 bits per heavy atom. The van der Waals surface area contributed by atoms with Crippen molar-refractivity contribution < 1.29 is 18.0 Å². The van der Waals surface area contributed by atoms with E-state index in [1.807, 2.05) is 11.6 Å². The van der Waals surface area contributed by atoms with Crippen LogP contribution < -0.4 is 10.0 Å². The van der Waals surface area contributed by atoms with Crippen LogP contribution in [0, 0.1) is 6.92 Å². The zero-order valence-electron chi connectivity index (χ0n) is 16.9. The number of hydrogen-bond donors (Lipinski definition) is 2. The molecule has 2 N–H and O–H groups in total. The first-order valence-corrected chi connectivity index (χ1v) is 11.7. The van der Waals surface area contributed by atoms with Crippen molar-refractivity contribution in [2.24, 2.45) is 0 Å². The summed E-state index contributed by atoms with van der Waals surface area (Å²) in [6.45, 7) is 5.92. The lowest BCUT2D eigenvalue weighted by atomic mass is 9.99. The summed E-state index contributed by atoms with van der Waals surface area (Å²) in [5.74, 6) is -0.175. The van der Waals surface area contributed by atoms with Crippen molar-refractivity contribution in [2.45, 2.75) is 77.0 Å². The predicted molar refractivity (Wildman–Crippen MR) is 113 cm³/mol. The summed E-state index contributed by atoms with van der Waals surface area (Å²) >= 11 is 6.19. The number of benzene rings is 1. The monoisotopic (exact) mass is 430 g/mol. The SMILES string of the molecule is CCCCCCCCC(=O)c1c(Cl)ccc(S(=O)(=O)NC(=O)NCCC)c1C. The fourth-order valence-corrected chi connectivity index (χ4v) is 4.42. The molecule has 6 nitrogen and oxygen atoms in total. The van der Waals surface area contributed by atoms with Crippen LogP contribution in [0.1, 0.15) is 81.1 Å². The van der Waals surface area contributed by atoms with E-state index in [1.165, 1.54) is 25.0 Å². The number of hydrogen-bond acceptors (Lipinski definition) is 4. The topological polar surface area (TPSA) is 92.3 Å². The fourth-order valence-electron chi connectivity index (χ4n) is 2.94. The van der Waals surface area contributed by atoms with Gasteiger partial charge in [-0.3, -0.25) is 4.79 Å². The quantitative estimate of drug-likeness (QED) is 0.361. The van der Waals surface area contributed by atoms with E-state index >= 15 is 0 Å². The largest absolute Gasteiger partial charge is 0.337 e. The molecule has 0 unspecified atom stereocenters. The van der Waals surface area contributed by atoms with Gasteiger partial charge in [-0.25, -0.2) is 17.9 Å². The summed E-state index contributed by atoms with van der Waals surface area (Å²) < 4.78 is 27.1. The number of carbonyl (C=O) groups is 2. The van der Waals surface area contributed by atoms with Crippen LogP contribution in [0.3, 0.4) is 0 Å². The second kappa shape index (κ2) is 12.1. The summed E-state index contributed by atoms with van der Waals surface area (Å²) in [6.07, 6.45) is 7.30. The number of rotatable bonds is 12. The van der Waals surface area contributed by atoms with E-state index in [1.54, 1.807) is 6.92 Å². The van der Waals surface area contributed by atoms with Crippen LogP contribution in [0.5, 0.6) is 0 Å². The number of carbonyl (C=O) groups excluding carboxylic acids is 2. The molecule has 0 radical (unpaired) electrons. The molecule has 8 heteroatoms. The van der Waals surface area contributed by atoms with Crippen molar-refractivity contribution in [3.8, 4) is 0 Å². The minimum absolute atomic E-state index is 0.116. The third kappa shape index (κ3) is 7.43. The predicted octanol–water partition coefficient (Wildman–Crippen LogP) is 4.98. The van der Waals surface area contributed by atoms with Crippen molar-refractivity contribution in [3.05, 3.63) is 28.3 Å². The summed E-state index contributed by atoms with van der Waals surface area (Å²) in [5, 5.41) is 2.68. The van der Waals surface area contributed by atoms with E-state index in [2.05, 4.69) is 12.2 Å². The number of sulfonamides is 1. The highest BCUT2D eigenvalue weighted by molar-refractivity contribution is 7.90. The maximum Gasteiger partial charge on any atom is 0.328 e. The minimum atomic E-state index is -4.10. The highest BCUT2D eigenvalue weighted by atomic mass is 35.5. The summed E-state index contributed by atoms with van der Waals surface area (Å²) in [7, 11) is -4.10. The zero-order chi connectivity index (χ0) is 21.2. The maximum atomic E-state index is 12.6. The first-order valence-electron chi connectivity index (χ1n) is 9.87. The van der Waals surface area contributed by atoms with Crippen LogP contribution in [-0.4, -0.2) is 26.8 Å². The molecule has 0 saturated carbocycles. The van der Waals surface area contributed by atoms with Crippen molar-refractivity contribution in [2.75, 3.05) is 6.54 Å². The van der Waals surface area contributed by atoms with Gasteiger partial charge in [-0.05, 0) is 37.5 Å². The van der Waals surface area contributed by atoms with Crippen molar-refractivity contribution in [3.63, 3.8) is 0 Å². The Morgan fingerprint density at radius 1 is 1.00 bits per heavy atom. The third-order valence-corrected chi connectivity index (χ3v) is 6.24. The van der Waals surface area contributed by atoms with Gasteiger partial charge in [0, 0.05) is 18.5 Å². The van der Waals surface area contributed by atoms with Crippen LogP contribution in [0.4, 0.5) is 4.79 Å². The number of halogens is 1. The number of urea groups is 1. The molecule has 2 amide bonds. The van der Waals surface area contributed by atoms with Crippen molar-refractivity contribution in [1.82, 2.24) is 10.0 Å². The Kier molecular flexibility index (Phi) is 10.5. The lowest BCUT2D eigenvalue weighted by Crippen LogP contribution is -2.40. The molecule has 0 saturated heterocycles. The highest BCUT2D eigenvalue weighted by Gasteiger charge is 2.24. The van der Waals surface area contributed by atoms with E-state index in [4.69, 9.17) is 11.6 Å². The Balaban J connectivity index is 2.89. The lowest BCUT2D eigenvalue weighted by Gasteiger charge is -2.14. The van der Waals surface area contributed by atoms with Gasteiger partial charge in [-0.15, -0.1) is 0 Å². The van der Waals surface area contributed by atoms with Gasteiger partial charge in [0.25, 0.3) is 10.0 Å². The van der Waals surface area contributed by atoms with Crippen molar-refractivity contribution in [1.29, 1.82) is 0 Å². The second-order valence-electron chi connectivity index (χ2n) is 6.85. The van der Waals surface area contributed by atoms with Gasteiger partial charge in [0.15, 0.2) is 5.78 Å². The molecule has 0 bridgehead atoms. The molecule has 0 aromatic heterocycles. The molecule has 1 aromatic carbocycles. The summed E-state index contributed by atoms with van der Waals surface area (Å²) in [6, 6.07) is 1.91. The molecular weight excluding hydrogens is 400 g/mol. The van der Waals surface area contributed by atoms with Gasteiger partial charge in [-0.1, -0.05) is 57.6 Å². The summed E-state index contributed by atoms with van der Waals surface area (Å²) in [5.41, 5.74) is 0.478. The molecule has 28 heavy (non-hydrogen) atoms. The van der Waals surface area contributed by atoms with Gasteiger partial charge < -0.3 is 5.32 Å². The molecule has 0 heterocycles. The van der Waals surface area contributed by atoms with Crippen LogP contribution in [0.25, 0.3) is 0 Å². The van der Waals surface area contributed by atoms with E-state index in [9.17, 15) is 18.0 Å². The zero-order valence-corrected chi connectivity index (χ0v) is 18.5. The van der Waals surface area contributed by atoms with Gasteiger partial charge in [0.05, 0.1) is 9.92 Å². The molecule has 1 rings (SSSR count). The normalized spacial score (nSPS) is 11.3. The molecular formula is C20H31ClN2O4S. The highest BCUT2D eigenvalue weighted by Crippen LogP contribution is 2.28. The molecule has 0 spiro atoms. The number of ketones is 1. The van der Waals surface area contributed by atoms with Gasteiger partial charge in [0.1, 0.15) is 0 Å². The minimum Gasteiger partial charge on any atom is -0.337 e. The standard InChI is InChI=1S/C20H31ClN2O4S/c1-4-6-7-8-9-10-11-17(24)19-15(3)18(13-12-16(19)21)28(26,27)23-20(25)22-14-5-2/h12-13H,4-11,14H2,1-3H3,(H2,22,23,25). The average Bonchev–Trinajstić information content (AvgIpc) is 2.62. The molecule has 0 atom stereocenters. The Labute approximate surface area is 173 Å². The molecule has 1 aromatic rings. The van der Waals surface area contributed by atoms with Crippen molar-refractivity contribution >= 4 is 33.4 Å². The maximum absolute atomic E-state index is 12.6. The van der Waals surface area contributed by atoms with Crippen LogP contribution in [0.15, 0.2) is 17.0 Å². The Bertz CT molecular complexity index is 779. The number of Topliss-reactive ketones (excluding diaryl/α,β-unsaturated/α-hetero) is 1. The van der Waals surface area contributed by atoms with E-state index in [-0.39, 0.29) is 26.8 Å². The number of amides is 2. The Hall–Kier alpha value is -1.60. The molecule has 0 fully saturated rings. The molecule has 158 valence electrons. The summed E-state index contributed by atoms with van der Waals surface area (Å²) in [4.78, 5) is 24.3. The van der Waals surface area contributed by atoms with Crippen LogP contribution in [0.2, 0.25) is 5.02 Å². The first kappa shape index (κ1) is 24.4. The van der Waals surface area contributed by atoms with Gasteiger partial charge in [0.2, 0.25) is 0 Å². The second-order valence-corrected chi connectivity index (χ2v) is 8.91.